The van der Waals surface area contributed by atoms with E-state index in [1.54, 1.807) is 25.3 Å². The van der Waals surface area contributed by atoms with E-state index in [1.165, 1.54) is 7.11 Å². The highest BCUT2D eigenvalue weighted by atomic mass is 35.5. The third-order valence-electron chi connectivity index (χ3n) is 3.10. The molecule has 0 saturated heterocycles. The van der Waals surface area contributed by atoms with Gasteiger partial charge in [0, 0.05) is 25.4 Å². The Morgan fingerprint density at radius 1 is 1.25 bits per heavy atom. The number of ether oxygens (including phenoxy) is 2. The fourth-order valence-corrected chi connectivity index (χ4v) is 2.15. The zero-order valence-corrected chi connectivity index (χ0v) is 14.5. The Morgan fingerprint density at radius 2 is 2.04 bits per heavy atom. The van der Waals surface area contributed by atoms with Crippen LogP contribution in [0.4, 0.5) is 17.5 Å². The zero-order chi connectivity index (χ0) is 17.5. The molecule has 2 aromatic rings. The predicted octanol–water partition coefficient (Wildman–Crippen LogP) is 3.03. The van der Waals surface area contributed by atoms with Crippen LogP contribution in [-0.4, -0.2) is 43.3 Å². The van der Waals surface area contributed by atoms with Crippen molar-refractivity contribution in [3.63, 3.8) is 0 Å². The Balaban J connectivity index is 2.22. The van der Waals surface area contributed by atoms with Gasteiger partial charge in [-0.3, -0.25) is 0 Å². The fourth-order valence-electron chi connectivity index (χ4n) is 1.98. The number of carbonyl (C=O) groups is 1. The predicted molar refractivity (Wildman–Crippen MR) is 93.2 cm³/mol. The molecule has 0 saturated carbocycles. The quantitative estimate of drug-likeness (QED) is 0.586. The van der Waals surface area contributed by atoms with Crippen molar-refractivity contribution in [2.24, 2.45) is 0 Å². The third kappa shape index (κ3) is 4.81. The summed E-state index contributed by atoms with van der Waals surface area (Å²) in [5.41, 5.74) is 1.69. The third-order valence-corrected chi connectivity index (χ3v) is 3.43. The van der Waals surface area contributed by atoms with E-state index in [0.717, 1.165) is 5.69 Å². The number of aromatic nitrogens is 2. The molecule has 1 aromatic heterocycles. The van der Waals surface area contributed by atoms with Gasteiger partial charge in [0.1, 0.15) is 5.82 Å². The van der Waals surface area contributed by atoms with E-state index < -0.39 is 5.97 Å². The molecule has 7 nitrogen and oxygen atoms in total. The number of anilines is 3. The van der Waals surface area contributed by atoms with Crippen LogP contribution in [0.15, 0.2) is 24.3 Å². The lowest BCUT2D eigenvalue weighted by Crippen LogP contribution is -2.10. The van der Waals surface area contributed by atoms with E-state index in [0.29, 0.717) is 41.2 Å². The summed E-state index contributed by atoms with van der Waals surface area (Å²) in [7, 11) is 2.96. The standard InChI is InChI=1S/C16H19ClN4O3/c1-10-8-14(18-6-7-23-2)21-16(19-10)20-13-9-11(15(22)24-3)4-5-12(13)17/h4-5,8-9H,6-7H2,1-3H3,(H2,18,19,20,21). The topological polar surface area (TPSA) is 85.4 Å². The highest BCUT2D eigenvalue weighted by Gasteiger charge is 2.11. The number of nitrogens with zero attached hydrogens (tertiary/aromatic N) is 2. The number of benzene rings is 1. The second-order valence-electron chi connectivity index (χ2n) is 4.95. The number of hydrogen-bond donors (Lipinski definition) is 2. The van der Waals surface area contributed by atoms with Crippen molar-refractivity contribution in [3.8, 4) is 0 Å². The summed E-state index contributed by atoms with van der Waals surface area (Å²) in [6, 6.07) is 6.63. The summed E-state index contributed by atoms with van der Waals surface area (Å²) in [5.74, 6) is 0.600. The minimum atomic E-state index is -0.443. The van der Waals surface area contributed by atoms with E-state index in [-0.39, 0.29) is 0 Å². The van der Waals surface area contributed by atoms with Gasteiger partial charge in [0.15, 0.2) is 0 Å². The summed E-state index contributed by atoms with van der Waals surface area (Å²) >= 11 is 6.17. The molecular formula is C16H19ClN4O3. The van der Waals surface area contributed by atoms with Crippen molar-refractivity contribution in [1.29, 1.82) is 0 Å². The number of carbonyl (C=O) groups excluding carboxylic acids is 1. The first-order chi connectivity index (χ1) is 11.5. The molecule has 128 valence electrons. The summed E-state index contributed by atoms with van der Waals surface area (Å²) < 4.78 is 9.71. The van der Waals surface area contributed by atoms with Gasteiger partial charge < -0.3 is 20.1 Å². The van der Waals surface area contributed by atoms with Gasteiger partial charge in [-0.25, -0.2) is 9.78 Å². The Bertz CT molecular complexity index is 724. The van der Waals surface area contributed by atoms with E-state index in [1.807, 2.05) is 13.0 Å². The molecule has 0 aliphatic heterocycles. The molecule has 0 radical (unpaired) electrons. The van der Waals surface area contributed by atoms with Crippen molar-refractivity contribution in [2.45, 2.75) is 6.92 Å². The van der Waals surface area contributed by atoms with Gasteiger partial charge in [0.05, 0.1) is 30.0 Å². The van der Waals surface area contributed by atoms with Crippen molar-refractivity contribution in [1.82, 2.24) is 9.97 Å². The molecule has 0 unspecified atom stereocenters. The molecule has 2 N–H and O–H groups in total. The van der Waals surface area contributed by atoms with Crippen LogP contribution >= 0.6 is 11.6 Å². The van der Waals surface area contributed by atoms with Crippen molar-refractivity contribution < 1.29 is 14.3 Å². The smallest absolute Gasteiger partial charge is 0.337 e. The number of esters is 1. The summed E-state index contributed by atoms with van der Waals surface area (Å²) in [6.07, 6.45) is 0. The lowest BCUT2D eigenvalue weighted by molar-refractivity contribution is 0.0601. The van der Waals surface area contributed by atoms with Gasteiger partial charge in [-0.1, -0.05) is 11.6 Å². The number of rotatable bonds is 7. The summed E-state index contributed by atoms with van der Waals surface area (Å²) in [6.45, 7) is 3.06. The van der Waals surface area contributed by atoms with E-state index in [9.17, 15) is 4.79 Å². The van der Waals surface area contributed by atoms with Gasteiger partial charge in [-0.05, 0) is 25.1 Å². The van der Waals surface area contributed by atoms with E-state index in [2.05, 4.69) is 20.6 Å². The summed E-state index contributed by atoms with van der Waals surface area (Å²) in [5, 5.41) is 6.62. The Labute approximate surface area is 145 Å². The molecular weight excluding hydrogens is 332 g/mol. The average Bonchev–Trinajstić information content (AvgIpc) is 2.56. The summed E-state index contributed by atoms with van der Waals surface area (Å²) in [4.78, 5) is 20.3. The monoisotopic (exact) mass is 350 g/mol. The molecule has 2 rings (SSSR count). The van der Waals surface area contributed by atoms with Crippen LogP contribution in [-0.2, 0) is 9.47 Å². The first-order valence-corrected chi connectivity index (χ1v) is 7.64. The second kappa shape index (κ2) is 8.47. The Morgan fingerprint density at radius 3 is 2.75 bits per heavy atom. The van der Waals surface area contributed by atoms with E-state index >= 15 is 0 Å². The molecule has 0 bridgehead atoms. The van der Waals surface area contributed by atoms with Crippen molar-refractivity contribution >= 4 is 35.0 Å². The lowest BCUT2D eigenvalue weighted by atomic mass is 10.2. The normalized spacial score (nSPS) is 10.3. The molecule has 0 aliphatic rings. The highest BCUT2D eigenvalue weighted by molar-refractivity contribution is 6.33. The highest BCUT2D eigenvalue weighted by Crippen LogP contribution is 2.26. The van der Waals surface area contributed by atoms with E-state index in [4.69, 9.17) is 21.1 Å². The average molecular weight is 351 g/mol. The van der Waals surface area contributed by atoms with Crippen LogP contribution in [0.3, 0.4) is 0 Å². The molecule has 1 aromatic carbocycles. The van der Waals surface area contributed by atoms with Crippen molar-refractivity contribution in [3.05, 3.63) is 40.5 Å². The first kappa shape index (κ1) is 18.0. The maximum Gasteiger partial charge on any atom is 0.337 e. The maximum atomic E-state index is 11.6. The number of halogens is 1. The Kier molecular flexibility index (Phi) is 6.34. The van der Waals surface area contributed by atoms with Gasteiger partial charge in [0.25, 0.3) is 0 Å². The molecule has 1 heterocycles. The lowest BCUT2D eigenvalue weighted by Gasteiger charge is -2.11. The number of methoxy groups -OCH3 is 2. The van der Waals surface area contributed by atoms with Gasteiger partial charge in [-0.2, -0.15) is 4.98 Å². The maximum absolute atomic E-state index is 11.6. The van der Waals surface area contributed by atoms with Gasteiger partial charge in [0.2, 0.25) is 5.95 Å². The van der Waals surface area contributed by atoms with Crippen LogP contribution in [0.2, 0.25) is 5.02 Å². The molecule has 24 heavy (non-hydrogen) atoms. The molecule has 0 atom stereocenters. The number of hydrogen-bond acceptors (Lipinski definition) is 7. The van der Waals surface area contributed by atoms with Crippen LogP contribution in [0.5, 0.6) is 0 Å². The SMILES string of the molecule is COCCNc1cc(C)nc(Nc2cc(C(=O)OC)ccc2Cl)n1. The Hall–Kier alpha value is -2.38. The molecule has 0 aliphatic carbocycles. The van der Waals surface area contributed by atoms with Crippen molar-refractivity contribution in [2.75, 3.05) is 38.0 Å². The number of aryl methyl sites for hydroxylation is 1. The largest absolute Gasteiger partial charge is 0.465 e. The first-order valence-electron chi connectivity index (χ1n) is 7.27. The van der Waals surface area contributed by atoms with Crippen LogP contribution in [0.25, 0.3) is 0 Å². The minimum Gasteiger partial charge on any atom is -0.465 e. The molecule has 8 heteroatoms. The zero-order valence-electron chi connectivity index (χ0n) is 13.7. The number of nitrogens with one attached hydrogen (secondary N) is 2. The molecule has 0 amide bonds. The van der Waals surface area contributed by atoms with Gasteiger partial charge >= 0.3 is 5.97 Å². The fraction of sp³-hybridized carbons (Fsp3) is 0.312. The molecule has 0 fully saturated rings. The van der Waals surface area contributed by atoms with Crippen LogP contribution < -0.4 is 10.6 Å². The van der Waals surface area contributed by atoms with Crippen LogP contribution in [0.1, 0.15) is 16.1 Å². The second-order valence-corrected chi connectivity index (χ2v) is 5.36. The minimum absolute atomic E-state index is 0.374. The van der Waals surface area contributed by atoms with Crippen LogP contribution in [0, 0.1) is 6.92 Å². The molecule has 0 spiro atoms. The van der Waals surface area contributed by atoms with Gasteiger partial charge in [-0.15, -0.1) is 0 Å².